The van der Waals surface area contributed by atoms with Crippen molar-refractivity contribution < 1.29 is 9.53 Å². The molecule has 1 aromatic heterocycles. The highest BCUT2D eigenvalue weighted by atomic mass is 16.5. The van der Waals surface area contributed by atoms with Gasteiger partial charge in [-0.1, -0.05) is 18.2 Å². The quantitative estimate of drug-likeness (QED) is 0.700. The summed E-state index contributed by atoms with van der Waals surface area (Å²) in [5.74, 6) is 0.514. The van der Waals surface area contributed by atoms with Crippen LogP contribution in [0.4, 0.5) is 0 Å². The molecular formula is C21H21N3O3. The van der Waals surface area contributed by atoms with E-state index in [4.69, 9.17) is 4.74 Å². The van der Waals surface area contributed by atoms with E-state index in [1.54, 1.807) is 19.1 Å². The van der Waals surface area contributed by atoms with E-state index < -0.39 is 0 Å². The van der Waals surface area contributed by atoms with Crippen LogP contribution in [0.2, 0.25) is 0 Å². The maximum absolute atomic E-state index is 13.1. The SMILES string of the molecule is COc1ccc2c(c1)CCN(C(=O)c1nc3ccccc3n(C)c1=O)CC2. The Morgan fingerprint density at radius 3 is 2.59 bits per heavy atom. The minimum Gasteiger partial charge on any atom is -0.497 e. The van der Waals surface area contributed by atoms with Gasteiger partial charge >= 0.3 is 0 Å². The summed E-state index contributed by atoms with van der Waals surface area (Å²) < 4.78 is 6.79. The summed E-state index contributed by atoms with van der Waals surface area (Å²) in [7, 11) is 3.32. The topological polar surface area (TPSA) is 64.4 Å². The van der Waals surface area contributed by atoms with E-state index >= 15 is 0 Å². The first kappa shape index (κ1) is 17.3. The molecule has 6 nitrogen and oxygen atoms in total. The molecule has 0 fully saturated rings. The van der Waals surface area contributed by atoms with Crippen LogP contribution in [0.15, 0.2) is 47.3 Å². The lowest BCUT2D eigenvalue weighted by molar-refractivity contribution is 0.0755. The van der Waals surface area contributed by atoms with E-state index in [0.717, 1.165) is 24.1 Å². The molecule has 0 aliphatic carbocycles. The molecule has 1 aliphatic heterocycles. The number of para-hydroxylation sites is 2. The zero-order chi connectivity index (χ0) is 19.0. The second-order valence-electron chi connectivity index (χ2n) is 6.74. The normalized spacial score (nSPS) is 13.9. The molecule has 6 heteroatoms. The van der Waals surface area contributed by atoms with Gasteiger partial charge in [0.25, 0.3) is 11.5 Å². The molecule has 2 aromatic carbocycles. The molecule has 0 N–H and O–H groups in total. The molecule has 0 bridgehead atoms. The number of hydrogen-bond donors (Lipinski definition) is 0. The largest absolute Gasteiger partial charge is 0.497 e. The summed E-state index contributed by atoms with van der Waals surface area (Å²) in [4.78, 5) is 31.9. The fourth-order valence-corrected chi connectivity index (χ4v) is 3.60. The number of fused-ring (bicyclic) bond motifs is 2. The van der Waals surface area contributed by atoms with E-state index in [9.17, 15) is 9.59 Å². The van der Waals surface area contributed by atoms with Gasteiger partial charge < -0.3 is 14.2 Å². The van der Waals surface area contributed by atoms with Crippen LogP contribution in [-0.4, -0.2) is 40.6 Å². The molecule has 0 radical (unpaired) electrons. The number of hydrogen-bond acceptors (Lipinski definition) is 4. The van der Waals surface area contributed by atoms with Gasteiger partial charge in [0.1, 0.15) is 5.75 Å². The second-order valence-corrected chi connectivity index (χ2v) is 6.74. The number of aryl methyl sites for hydroxylation is 1. The van der Waals surface area contributed by atoms with Crippen molar-refractivity contribution in [3.8, 4) is 5.75 Å². The van der Waals surface area contributed by atoms with E-state index in [-0.39, 0.29) is 17.2 Å². The predicted octanol–water partition coefficient (Wildman–Crippen LogP) is 2.18. The molecule has 1 amide bonds. The zero-order valence-electron chi connectivity index (χ0n) is 15.4. The van der Waals surface area contributed by atoms with Gasteiger partial charge in [0, 0.05) is 20.1 Å². The van der Waals surface area contributed by atoms with Gasteiger partial charge in [-0.25, -0.2) is 4.98 Å². The van der Waals surface area contributed by atoms with Crippen molar-refractivity contribution in [1.82, 2.24) is 14.5 Å². The van der Waals surface area contributed by atoms with E-state index in [1.165, 1.54) is 15.7 Å². The Bertz CT molecular complexity index is 1090. The molecule has 0 saturated carbocycles. The van der Waals surface area contributed by atoms with Gasteiger partial charge in [-0.2, -0.15) is 0 Å². The van der Waals surface area contributed by atoms with Crippen molar-refractivity contribution >= 4 is 16.9 Å². The first-order valence-corrected chi connectivity index (χ1v) is 8.99. The standard InChI is InChI=1S/C21H21N3O3/c1-23-18-6-4-3-5-17(18)22-19(20(23)25)21(26)24-11-9-14-7-8-16(27-2)13-15(14)10-12-24/h3-8,13H,9-12H2,1-2H3. The minimum absolute atomic E-state index is 0.0141. The number of ether oxygens (including phenoxy) is 1. The highest BCUT2D eigenvalue weighted by Gasteiger charge is 2.24. The summed E-state index contributed by atoms with van der Waals surface area (Å²) >= 11 is 0. The average molecular weight is 363 g/mol. The summed E-state index contributed by atoms with van der Waals surface area (Å²) in [6.45, 7) is 1.12. The van der Waals surface area contributed by atoms with Crippen molar-refractivity contribution in [3.05, 3.63) is 69.6 Å². The fourth-order valence-electron chi connectivity index (χ4n) is 3.60. The first-order valence-electron chi connectivity index (χ1n) is 8.99. The maximum Gasteiger partial charge on any atom is 0.282 e. The van der Waals surface area contributed by atoms with Gasteiger partial charge in [-0.05, 0) is 48.2 Å². The molecule has 1 aliphatic rings. The van der Waals surface area contributed by atoms with Crippen LogP contribution in [0.1, 0.15) is 21.6 Å². The van der Waals surface area contributed by atoms with Crippen LogP contribution < -0.4 is 10.3 Å². The molecule has 0 spiro atoms. The third-order valence-electron chi connectivity index (χ3n) is 5.19. The molecule has 4 rings (SSSR count). The van der Waals surface area contributed by atoms with Gasteiger partial charge in [-0.3, -0.25) is 9.59 Å². The van der Waals surface area contributed by atoms with Crippen molar-refractivity contribution in [1.29, 1.82) is 0 Å². The van der Waals surface area contributed by atoms with E-state index in [2.05, 4.69) is 11.1 Å². The highest BCUT2D eigenvalue weighted by Crippen LogP contribution is 2.22. The number of carbonyl (C=O) groups is 1. The average Bonchev–Trinajstić information content (AvgIpc) is 2.92. The van der Waals surface area contributed by atoms with Crippen LogP contribution >= 0.6 is 0 Å². The van der Waals surface area contributed by atoms with Crippen molar-refractivity contribution in [2.45, 2.75) is 12.8 Å². The molecule has 3 aromatic rings. The molecule has 0 atom stereocenters. The first-order chi connectivity index (χ1) is 13.1. The van der Waals surface area contributed by atoms with E-state index in [1.807, 2.05) is 36.4 Å². The molecule has 0 unspecified atom stereocenters. The smallest absolute Gasteiger partial charge is 0.282 e. The fraction of sp³-hybridized carbons (Fsp3) is 0.286. The lowest BCUT2D eigenvalue weighted by Crippen LogP contribution is -2.38. The Labute approximate surface area is 157 Å². The maximum atomic E-state index is 13.1. The predicted molar refractivity (Wildman–Crippen MR) is 103 cm³/mol. The Morgan fingerprint density at radius 2 is 1.81 bits per heavy atom. The molecule has 0 saturated heterocycles. The van der Waals surface area contributed by atoms with Crippen LogP contribution in [0.25, 0.3) is 11.0 Å². The van der Waals surface area contributed by atoms with Gasteiger partial charge in [-0.15, -0.1) is 0 Å². The van der Waals surface area contributed by atoms with Crippen LogP contribution in [0.3, 0.4) is 0 Å². The van der Waals surface area contributed by atoms with Crippen LogP contribution in [-0.2, 0) is 19.9 Å². The van der Waals surface area contributed by atoms with Gasteiger partial charge in [0.05, 0.1) is 18.1 Å². The lowest BCUT2D eigenvalue weighted by atomic mass is 10.0. The van der Waals surface area contributed by atoms with Crippen LogP contribution in [0.5, 0.6) is 5.75 Å². The summed E-state index contributed by atoms with van der Waals surface area (Å²) in [6.07, 6.45) is 1.48. The van der Waals surface area contributed by atoms with Gasteiger partial charge in [0.15, 0.2) is 5.69 Å². The summed E-state index contributed by atoms with van der Waals surface area (Å²) in [5, 5.41) is 0. The summed E-state index contributed by atoms with van der Waals surface area (Å²) in [5.41, 5.74) is 3.39. The molecule has 138 valence electrons. The van der Waals surface area contributed by atoms with E-state index in [0.29, 0.717) is 18.6 Å². The Hall–Kier alpha value is -3.15. The van der Waals surface area contributed by atoms with Crippen LogP contribution in [0, 0.1) is 0 Å². The van der Waals surface area contributed by atoms with Crippen molar-refractivity contribution in [3.63, 3.8) is 0 Å². The second kappa shape index (κ2) is 6.87. The number of benzene rings is 2. The zero-order valence-corrected chi connectivity index (χ0v) is 15.4. The van der Waals surface area contributed by atoms with Crippen molar-refractivity contribution in [2.24, 2.45) is 7.05 Å². The molecule has 27 heavy (non-hydrogen) atoms. The molecular weight excluding hydrogens is 342 g/mol. The molecule has 2 heterocycles. The summed E-state index contributed by atoms with van der Waals surface area (Å²) in [6, 6.07) is 13.4. The Balaban J connectivity index is 1.65. The third kappa shape index (κ3) is 3.07. The monoisotopic (exact) mass is 363 g/mol. The third-order valence-corrected chi connectivity index (χ3v) is 5.19. The number of rotatable bonds is 2. The Kier molecular flexibility index (Phi) is 4.39. The van der Waals surface area contributed by atoms with Crippen molar-refractivity contribution in [2.75, 3.05) is 20.2 Å². The minimum atomic E-state index is -0.359. The highest BCUT2D eigenvalue weighted by molar-refractivity contribution is 5.94. The van der Waals surface area contributed by atoms with Gasteiger partial charge in [0.2, 0.25) is 0 Å². The number of methoxy groups -OCH3 is 1. The number of carbonyl (C=O) groups excluding carboxylic acids is 1. The Morgan fingerprint density at radius 1 is 1.07 bits per heavy atom. The number of nitrogens with zero attached hydrogens (tertiary/aromatic N) is 3. The lowest BCUT2D eigenvalue weighted by Gasteiger charge is -2.20. The number of amides is 1. The number of aromatic nitrogens is 2.